The Morgan fingerprint density at radius 2 is 2.38 bits per heavy atom. The van der Waals surface area contributed by atoms with E-state index in [1.807, 2.05) is 41.4 Å². The maximum Gasteiger partial charge on any atom is 0.276 e. The maximum absolute atomic E-state index is 12.4. The zero-order valence-electron chi connectivity index (χ0n) is 11.4. The van der Waals surface area contributed by atoms with E-state index in [0.29, 0.717) is 17.4 Å². The van der Waals surface area contributed by atoms with Gasteiger partial charge in [-0.05, 0) is 36.7 Å². The monoisotopic (exact) mass is 318 g/mol. The van der Waals surface area contributed by atoms with Crippen LogP contribution in [0.1, 0.15) is 17.4 Å². The number of thiocarbonyl (C=S) groups is 1. The molecule has 1 aliphatic rings. The summed E-state index contributed by atoms with van der Waals surface area (Å²) < 4.78 is 1.83. The van der Waals surface area contributed by atoms with Gasteiger partial charge in [-0.1, -0.05) is 6.07 Å². The average Bonchev–Trinajstić information content (AvgIpc) is 3.18. The number of thiophene rings is 1. The number of carbonyl (C=O) groups is 1. The van der Waals surface area contributed by atoms with Gasteiger partial charge in [0.1, 0.15) is 5.70 Å². The summed E-state index contributed by atoms with van der Waals surface area (Å²) in [4.78, 5) is 15.0. The van der Waals surface area contributed by atoms with Gasteiger partial charge in [-0.3, -0.25) is 14.4 Å². The number of carbonyl (C=O) groups excluding carboxylic acids is 1. The lowest BCUT2D eigenvalue weighted by atomic mass is 10.3. The topological polar surface area (TPSA) is 50.2 Å². The van der Waals surface area contributed by atoms with Gasteiger partial charge in [0.05, 0.1) is 12.7 Å². The third kappa shape index (κ3) is 2.88. The van der Waals surface area contributed by atoms with Crippen LogP contribution >= 0.6 is 23.6 Å². The van der Waals surface area contributed by atoms with Crippen LogP contribution in [0.3, 0.4) is 0 Å². The van der Waals surface area contributed by atoms with Crippen molar-refractivity contribution in [3.63, 3.8) is 0 Å². The summed E-state index contributed by atoms with van der Waals surface area (Å²) >= 11 is 6.83. The zero-order valence-corrected chi connectivity index (χ0v) is 13.1. The largest absolute Gasteiger partial charge is 0.328 e. The van der Waals surface area contributed by atoms with Crippen LogP contribution in [0.2, 0.25) is 0 Å². The summed E-state index contributed by atoms with van der Waals surface area (Å²) in [6.07, 6.45) is 5.52. The molecule has 1 N–H and O–H groups in total. The number of nitrogens with one attached hydrogen (secondary N) is 1. The number of nitrogens with zero attached hydrogens (tertiary/aromatic N) is 3. The van der Waals surface area contributed by atoms with Gasteiger partial charge in [0.2, 0.25) is 0 Å². The number of aryl methyl sites for hydroxylation is 1. The van der Waals surface area contributed by atoms with Crippen molar-refractivity contribution >= 4 is 40.7 Å². The SMILES string of the molecule is CCn1cc(CN2C(=O)/C(=C\c3cccs3)NC2=S)cn1. The number of hydrogen-bond acceptors (Lipinski definition) is 4. The molecule has 3 rings (SSSR count). The quantitative estimate of drug-likeness (QED) is 0.694. The molecule has 5 nitrogen and oxygen atoms in total. The predicted octanol–water partition coefficient (Wildman–Crippen LogP) is 2.22. The van der Waals surface area contributed by atoms with Gasteiger partial charge in [-0.15, -0.1) is 11.3 Å². The Morgan fingerprint density at radius 1 is 1.52 bits per heavy atom. The second kappa shape index (κ2) is 5.79. The lowest BCUT2D eigenvalue weighted by molar-refractivity contribution is -0.122. The average molecular weight is 318 g/mol. The number of rotatable bonds is 4. The smallest absolute Gasteiger partial charge is 0.276 e. The fourth-order valence-electron chi connectivity index (χ4n) is 2.07. The minimum Gasteiger partial charge on any atom is -0.328 e. The molecule has 2 aromatic rings. The van der Waals surface area contributed by atoms with Gasteiger partial charge >= 0.3 is 0 Å². The molecular formula is C14H14N4OS2. The lowest BCUT2D eigenvalue weighted by Gasteiger charge is -2.12. The molecule has 3 heterocycles. The van der Waals surface area contributed by atoms with E-state index >= 15 is 0 Å². The summed E-state index contributed by atoms with van der Waals surface area (Å²) in [5.41, 5.74) is 1.48. The lowest BCUT2D eigenvalue weighted by Crippen LogP contribution is -2.29. The Hall–Kier alpha value is -1.99. The predicted molar refractivity (Wildman–Crippen MR) is 86.5 cm³/mol. The van der Waals surface area contributed by atoms with E-state index in [-0.39, 0.29) is 5.91 Å². The molecule has 0 unspecified atom stereocenters. The highest BCUT2D eigenvalue weighted by atomic mass is 32.1. The van der Waals surface area contributed by atoms with Gasteiger partial charge < -0.3 is 5.32 Å². The summed E-state index contributed by atoms with van der Waals surface area (Å²) in [6.45, 7) is 3.26. The molecule has 2 aromatic heterocycles. The van der Waals surface area contributed by atoms with Crippen LogP contribution in [-0.2, 0) is 17.9 Å². The Labute approximate surface area is 131 Å². The minimum absolute atomic E-state index is 0.0994. The van der Waals surface area contributed by atoms with Crippen molar-refractivity contribution < 1.29 is 4.79 Å². The second-order valence-corrected chi connectivity index (χ2v) is 5.97. The molecule has 7 heteroatoms. The molecule has 108 valence electrons. The summed E-state index contributed by atoms with van der Waals surface area (Å²) in [7, 11) is 0. The Morgan fingerprint density at radius 3 is 3.05 bits per heavy atom. The van der Waals surface area contributed by atoms with Crippen molar-refractivity contribution in [3.8, 4) is 0 Å². The first kappa shape index (κ1) is 14.0. The molecular weight excluding hydrogens is 304 g/mol. The van der Waals surface area contributed by atoms with Gasteiger partial charge in [-0.2, -0.15) is 5.10 Å². The highest BCUT2D eigenvalue weighted by Crippen LogP contribution is 2.19. The van der Waals surface area contributed by atoms with E-state index in [2.05, 4.69) is 10.4 Å². The number of amides is 1. The first-order chi connectivity index (χ1) is 10.2. The molecule has 0 radical (unpaired) electrons. The van der Waals surface area contributed by atoms with E-state index in [4.69, 9.17) is 12.2 Å². The van der Waals surface area contributed by atoms with E-state index in [1.165, 1.54) is 0 Å². The number of aromatic nitrogens is 2. The second-order valence-electron chi connectivity index (χ2n) is 4.60. The van der Waals surface area contributed by atoms with E-state index < -0.39 is 0 Å². The Kier molecular flexibility index (Phi) is 3.85. The molecule has 1 aliphatic heterocycles. The van der Waals surface area contributed by atoms with Crippen LogP contribution in [0.5, 0.6) is 0 Å². The fourth-order valence-corrected chi connectivity index (χ4v) is 2.99. The Balaban J connectivity index is 1.77. The van der Waals surface area contributed by atoms with Crippen LogP contribution in [0.4, 0.5) is 0 Å². The van der Waals surface area contributed by atoms with Crippen LogP contribution in [0, 0.1) is 0 Å². The molecule has 0 aromatic carbocycles. The van der Waals surface area contributed by atoms with E-state index in [0.717, 1.165) is 17.0 Å². The normalized spacial score (nSPS) is 16.8. The van der Waals surface area contributed by atoms with Gasteiger partial charge in [0, 0.05) is 23.2 Å². The molecule has 21 heavy (non-hydrogen) atoms. The van der Waals surface area contributed by atoms with E-state index in [9.17, 15) is 4.79 Å². The molecule has 0 atom stereocenters. The van der Waals surface area contributed by atoms with Crippen molar-refractivity contribution in [1.29, 1.82) is 0 Å². The van der Waals surface area contributed by atoms with Crippen LogP contribution in [-0.4, -0.2) is 25.7 Å². The van der Waals surface area contributed by atoms with E-state index in [1.54, 1.807) is 22.4 Å². The number of hydrogen-bond donors (Lipinski definition) is 1. The molecule has 0 bridgehead atoms. The first-order valence-electron chi connectivity index (χ1n) is 6.56. The van der Waals surface area contributed by atoms with Crippen molar-refractivity contribution in [2.75, 3.05) is 0 Å². The van der Waals surface area contributed by atoms with Crippen LogP contribution < -0.4 is 5.32 Å². The van der Waals surface area contributed by atoms with Gasteiger partial charge in [0.25, 0.3) is 5.91 Å². The highest BCUT2D eigenvalue weighted by Gasteiger charge is 2.30. The fraction of sp³-hybridized carbons (Fsp3) is 0.214. The molecule has 1 saturated heterocycles. The van der Waals surface area contributed by atoms with Crippen molar-refractivity contribution in [2.24, 2.45) is 0 Å². The molecule has 1 amide bonds. The summed E-state index contributed by atoms with van der Waals surface area (Å²) in [6, 6.07) is 3.91. The standard InChI is InChI=1S/C14H14N4OS2/c1-2-17-8-10(7-15-17)9-18-13(19)12(16-14(18)20)6-11-4-3-5-21-11/h3-8H,2,9H2,1H3,(H,16,20)/b12-6+. The van der Waals surface area contributed by atoms with Gasteiger partial charge in [0.15, 0.2) is 5.11 Å². The third-order valence-corrected chi connectivity index (χ3v) is 4.29. The highest BCUT2D eigenvalue weighted by molar-refractivity contribution is 7.80. The minimum atomic E-state index is -0.0994. The van der Waals surface area contributed by atoms with Gasteiger partial charge in [-0.25, -0.2) is 0 Å². The molecule has 1 fully saturated rings. The summed E-state index contributed by atoms with van der Waals surface area (Å²) in [5.74, 6) is -0.0994. The van der Waals surface area contributed by atoms with Crippen LogP contribution in [0.25, 0.3) is 6.08 Å². The Bertz CT molecular complexity index is 702. The molecule has 0 spiro atoms. The molecule has 0 saturated carbocycles. The zero-order chi connectivity index (χ0) is 14.8. The third-order valence-electron chi connectivity index (χ3n) is 3.14. The van der Waals surface area contributed by atoms with Crippen molar-refractivity contribution in [1.82, 2.24) is 20.0 Å². The summed E-state index contributed by atoms with van der Waals surface area (Å²) in [5, 5.41) is 9.60. The van der Waals surface area contributed by atoms with Crippen LogP contribution in [0.15, 0.2) is 35.6 Å². The first-order valence-corrected chi connectivity index (χ1v) is 7.85. The molecule has 0 aliphatic carbocycles. The van der Waals surface area contributed by atoms with Crippen molar-refractivity contribution in [2.45, 2.75) is 20.0 Å². The maximum atomic E-state index is 12.4. The van der Waals surface area contributed by atoms with Crippen molar-refractivity contribution in [3.05, 3.63) is 46.0 Å².